The molecule has 6 nitrogen and oxygen atoms in total. The molecular weight excluding hydrogens is 304 g/mol. The molecule has 4 N–H and O–H groups in total. The summed E-state index contributed by atoms with van der Waals surface area (Å²) in [5, 5.41) is 8.58. The van der Waals surface area contributed by atoms with E-state index in [0.717, 1.165) is 17.7 Å². The van der Waals surface area contributed by atoms with Crippen LogP contribution in [0.1, 0.15) is 18.9 Å². The number of hydrazine groups is 1. The summed E-state index contributed by atoms with van der Waals surface area (Å²) in [5.74, 6) is 6.92. The van der Waals surface area contributed by atoms with E-state index in [1.54, 1.807) is 11.8 Å². The van der Waals surface area contributed by atoms with Crippen LogP contribution in [0.3, 0.4) is 0 Å². The lowest BCUT2D eigenvalue weighted by atomic mass is 10.2. The largest absolute Gasteiger partial charge is 0.350 e. The van der Waals surface area contributed by atoms with Crippen molar-refractivity contribution < 1.29 is 0 Å². The minimum Gasteiger partial charge on any atom is -0.350 e. The summed E-state index contributed by atoms with van der Waals surface area (Å²) in [7, 11) is 0. The average molecular weight is 322 g/mol. The topological polar surface area (TPSA) is 80.8 Å². The minimum atomic E-state index is 0.307. The third-order valence-electron chi connectivity index (χ3n) is 2.63. The van der Waals surface area contributed by atoms with E-state index in [1.807, 2.05) is 30.3 Å². The van der Waals surface area contributed by atoms with Gasteiger partial charge in [-0.1, -0.05) is 49.0 Å². The Balaban J connectivity index is 2.12. The van der Waals surface area contributed by atoms with Crippen LogP contribution in [0.25, 0.3) is 0 Å². The first-order valence-electron chi connectivity index (χ1n) is 6.63. The standard InChI is InChI=1S/C13H18N6S2/c1-2-8-21-12-16-11(19(18-12)13(20)17-14)15-9-10-6-4-3-5-7-10/h3-7H,2,8-9,14H2,1H3,(H,17,20)(H,15,16,18). The number of anilines is 1. The first-order chi connectivity index (χ1) is 10.2. The van der Waals surface area contributed by atoms with Gasteiger partial charge in [-0.05, 0) is 24.2 Å². The van der Waals surface area contributed by atoms with Gasteiger partial charge in [0.15, 0.2) is 0 Å². The second-order valence-electron chi connectivity index (χ2n) is 4.27. The Morgan fingerprint density at radius 1 is 1.38 bits per heavy atom. The molecule has 112 valence electrons. The predicted molar refractivity (Wildman–Crippen MR) is 90.1 cm³/mol. The first-order valence-corrected chi connectivity index (χ1v) is 8.02. The number of thiocarbonyl (C=S) groups is 1. The SMILES string of the molecule is CCCSc1nc(NCc2ccccc2)n(C(=S)NN)n1. The highest BCUT2D eigenvalue weighted by molar-refractivity contribution is 7.99. The van der Waals surface area contributed by atoms with E-state index in [0.29, 0.717) is 22.8 Å². The fourth-order valence-electron chi connectivity index (χ4n) is 1.64. The van der Waals surface area contributed by atoms with Gasteiger partial charge in [-0.3, -0.25) is 5.43 Å². The lowest BCUT2D eigenvalue weighted by molar-refractivity contribution is 0.837. The van der Waals surface area contributed by atoms with E-state index in [1.165, 1.54) is 4.68 Å². The highest BCUT2D eigenvalue weighted by Crippen LogP contribution is 2.17. The van der Waals surface area contributed by atoms with Gasteiger partial charge >= 0.3 is 0 Å². The smallest absolute Gasteiger partial charge is 0.229 e. The van der Waals surface area contributed by atoms with Crippen LogP contribution in [0.4, 0.5) is 5.95 Å². The molecule has 0 aliphatic heterocycles. The van der Waals surface area contributed by atoms with Crippen LogP contribution in [0.15, 0.2) is 35.5 Å². The van der Waals surface area contributed by atoms with Crippen LogP contribution in [0, 0.1) is 0 Å². The van der Waals surface area contributed by atoms with Crippen molar-refractivity contribution in [3.05, 3.63) is 35.9 Å². The second-order valence-corrected chi connectivity index (χ2v) is 5.72. The van der Waals surface area contributed by atoms with Crippen molar-refractivity contribution in [2.75, 3.05) is 11.1 Å². The van der Waals surface area contributed by atoms with Gasteiger partial charge < -0.3 is 5.32 Å². The van der Waals surface area contributed by atoms with Crippen LogP contribution in [0.5, 0.6) is 0 Å². The molecular formula is C13H18N6S2. The molecule has 0 unspecified atom stereocenters. The molecule has 1 aromatic heterocycles. The van der Waals surface area contributed by atoms with E-state index < -0.39 is 0 Å². The molecule has 0 fully saturated rings. The van der Waals surface area contributed by atoms with Gasteiger partial charge in [-0.2, -0.15) is 9.67 Å². The van der Waals surface area contributed by atoms with Gasteiger partial charge in [-0.15, -0.1) is 5.10 Å². The number of rotatable bonds is 6. The number of nitrogens with two attached hydrogens (primary N) is 1. The summed E-state index contributed by atoms with van der Waals surface area (Å²) in [6.07, 6.45) is 1.06. The van der Waals surface area contributed by atoms with E-state index >= 15 is 0 Å². The fraction of sp³-hybridized carbons (Fsp3) is 0.308. The zero-order chi connectivity index (χ0) is 15.1. The quantitative estimate of drug-likeness (QED) is 0.325. The zero-order valence-corrected chi connectivity index (χ0v) is 13.4. The Morgan fingerprint density at radius 2 is 2.14 bits per heavy atom. The Kier molecular flexibility index (Phi) is 5.97. The van der Waals surface area contributed by atoms with Crippen LogP contribution in [-0.2, 0) is 6.54 Å². The monoisotopic (exact) mass is 322 g/mol. The molecule has 0 aliphatic carbocycles. The summed E-state index contributed by atoms with van der Waals surface area (Å²) < 4.78 is 1.51. The molecule has 0 bridgehead atoms. The van der Waals surface area contributed by atoms with E-state index in [4.69, 9.17) is 18.1 Å². The Morgan fingerprint density at radius 3 is 2.81 bits per heavy atom. The molecule has 0 atom stereocenters. The zero-order valence-electron chi connectivity index (χ0n) is 11.7. The maximum atomic E-state index is 5.38. The van der Waals surface area contributed by atoms with Gasteiger partial charge in [0.1, 0.15) is 0 Å². The summed E-state index contributed by atoms with van der Waals surface area (Å²) >= 11 is 6.73. The van der Waals surface area contributed by atoms with Gasteiger partial charge in [0, 0.05) is 12.3 Å². The maximum absolute atomic E-state index is 5.38. The normalized spacial score (nSPS) is 10.4. The van der Waals surface area contributed by atoms with Gasteiger partial charge in [-0.25, -0.2) is 5.84 Å². The lowest BCUT2D eigenvalue weighted by Gasteiger charge is -2.08. The molecule has 0 saturated carbocycles. The van der Waals surface area contributed by atoms with Gasteiger partial charge in [0.25, 0.3) is 0 Å². The Hall–Kier alpha value is -1.64. The van der Waals surface area contributed by atoms with Gasteiger partial charge in [0.2, 0.25) is 16.2 Å². The fourth-order valence-corrected chi connectivity index (χ4v) is 2.45. The number of hydrogen-bond donors (Lipinski definition) is 3. The lowest BCUT2D eigenvalue weighted by Crippen LogP contribution is -2.35. The third-order valence-corrected chi connectivity index (χ3v) is 3.97. The van der Waals surface area contributed by atoms with Crippen LogP contribution < -0.4 is 16.6 Å². The molecule has 1 heterocycles. The number of nitrogens with one attached hydrogen (secondary N) is 2. The van der Waals surface area contributed by atoms with Crippen LogP contribution in [0.2, 0.25) is 0 Å². The van der Waals surface area contributed by atoms with E-state index in [2.05, 4.69) is 27.7 Å². The first kappa shape index (κ1) is 15.7. The van der Waals surface area contributed by atoms with Crippen molar-refractivity contribution in [3.8, 4) is 0 Å². The third kappa shape index (κ3) is 4.42. The van der Waals surface area contributed by atoms with Crippen LogP contribution >= 0.6 is 24.0 Å². The van der Waals surface area contributed by atoms with Crippen molar-refractivity contribution in [2.45, 2.75) is 25.0 Å². The number of hydrogen-bond acceptors (Lipinski definition) is 6. The molecule has 0 radical (unpaired) electrons. The predicted octanol–water partition coefficient (Wildman–Crippen LogP) is 1.99. The molecule has 2 aromatic rings. The van der Waals surface area contributed by atoms with Crippen molar-refractivity contribution in [1.29, 1.82) is 0 Å². The number of aromatic nitrogens is 3. The number of benzene rings is 1. The Bertz CT molecular complexity index is 584. The molecule has 8 heteroatoms. The highest BCUT2D eigenvalue weighted by Gasteiger charge is 2.13. The minimum absolute atomic E-state index is 0.307. The van der Waals surface area contributed by atoms with Crippen molar-refractivity contribution in [1.82, 2.24) is 20.2 Å². The van der Waals surface area contributed by atoms with Crippen molar-refractivity contribution in [3.63, 3.8) is 0 Å². The number of thioether (sulfide) groups is 1. The van der Waals surface area contributed by atoms with Crippen molar-refractivity contribution in [2.24, 2.45) is 5.84 Å². The molecule has 0 amide bonds. The van der Waals surface area contributed by atoms with Gasteiger partial charge in [0.05, 0.1) is 0 Å². The maximum Gasteiger partial charge on any atom is 0.229 e. The van der Waals surface area contributed by atoms with E-state index in [9.17, 15) is 0 Å². The van der Waals surface area contributed by atoms with Crippen molar-refractivity contribution >= 4 is 35.0 Å². The van der Waals surface area contributed by atoms with E-state index in [-0.39, 0.29) is 0 Å². The van der Waals surface area contributed by atoms with Crippen LogP contribution in [-0.4, -0.2) is 25.6 Å². The molecule has 2 rings (SSSR count). The summed E-state index contributed by atoms with van der Waals surface area (Å²) in [6.45, 7) is 2.76. The average Bonchev–Trinajstić information content (AvgIpc) is 2.94. The highest BCUT2D eigenvalue weighted by atomic mass is 32.2. The second kappa shape index (κ2) is 7.96. The molecule has 0 saturated heterocycles. The molecule has 0 aliphatic rings. The molecule has 0 spiro atoms. The Labute approximate surface area is 133 Å². The summed E-state index contributed by atoms with van der Waals surface area (Å²) in [4.78, 5) is 4.45. The molecule has 1 aromatic carbocycles. The molecule has 21 heavy (non-hydrogen) atoms. The summed E-state index contributed by atoms with van der Waals surface area (Å²) in [6, 6.07) is 10.1. The summed E-state index contributed by atoms with van der Waals surface area (Å²) in [5.41, 5.74) is 3.59. The number of nitrogens with zero attached hydrogens (tertiary/aromatic N) is 3.